The van der Waals surface area contributed by atoms with Gasteiger partial charge in [0.15, 0.2) is 5.72 Å². The van der Waals surface area contributed by atoms with Gasteiger partial charge in [-0.15, -0.1) is 0 Å². The van der Waals surface area contributed by atoms with E-state index in [1.165, 1.54) is 0 Å². The first kappa shape index (κ1) is 9.10. The minimum Gasteiger partial charge on any atom is -0.434 e. The van der Waals surface area contributed by atoms with Crippen molar-refractivity contribution >= 4 is 22.6 Å². The quantitative estimate of drug-likeness (QED) is 0.555. The van der Waals surface area contributed by atoms with E-state index in [-0.39, 0.29) is 5.97 Å². The van der Waals surface area contributed by atoms with E-state index in [2.05, 4.69) is 0 Å². The number of nitrogens with two attached hydrogens (primary N) is 1. The van der Waals surface area contributed by atoms with E-state index >= 15 is 0 Å². The maximum Gasteiger partial charge on any atom is 0.357 e. The average molecular weight is 228 g/mol. The van der Waals surface area contributed by atoms with E-state index < -0.39 is 5.72 Å². The molecular formula is C13H12N2O2. The van der Waals surface area contributed by atoms with Crippen molar-refractivity contribution in [2.75, 3.05) is 5.73 Å². The molecule has 4 nitrogen and oxygen atoms in total. The van der Waals surface area contributed by atoms with Gasteiger partial charge in [0.2, 0.25) is 0 Å². The molecule has 1 spiro atoms. The van der Waals surface area contributed by atoms with Gasteiger partial charge in [-0.2, -0.15) is 0 Å². The molecule has 0 saturated heterocycles. The Morgan fingerprint density at radius 2 is 2.18 bits per heavy atom. The second-order valence-corrected chi connectivity index (χ2v) is 4.84. The highest BCUT2D eigenvalue weighted by molar-refractivity contribution is 6.01. The minimum absolute atomic E-state index is 0.222. The van der Waals surface area contributed by atoms with Crippen molar-refractivity contribution in [1.82, 2.24) is 4.57 Å². The number of nitrogens with zero attached hydrogens (tertiary/aromatic N) is 1. The third-order valence-corrected chi connectivity index (χ3v) is 3.89. The van der Waals surface area contributed by atoms with Crippen LogP contribution in [0.25, 0.3) is 10.9 Å². The summed E-state index contributed by atoms with van der Waals surface area (Å²) in [6.45, 7) is 0. The lowest BCUT2D eigenvalue weighted by Crippen LogP contribution is -2.39. The normalized spacial score (nSPS) is 20.4. The topological polar surface area (TPSA) is 57.2 Å². The van der Waals surface area contributed by atoms with Gasteiger partial charge in [0.25, 0.3) is 0 Å². The van der Waals surface area contributed by atoms with Crippen LogP contribution in [-0.2, 0) is 10.5 Å². The van der Waals surface area contributed by atoms with Crippen molar-refractivity contribution in [2.45, 2.75) is 25.0 Å². The Bertz CT molecular complexity index is 653. The molecule has 1 fully saturated rings. The van der Waals surface area contributed by atoms with Crippen LogP contribution in [0.15, 0.2) is 24.3 Å². The van der Waals surface area contributed by atoms with Gasteiger partial charge in [-0.3, -0.25) is 4.57 Å². The lowest BCUT2D eigenvalue weighted by atomic mass is 9.88. The Labute approximate surface area is 98.0 Å². The Morgan fingerprint density at radius 3 is 2.88 bits per heavy atom. The van der Waals surface area contributed by atoms with E-state index in [0.29, 0.717) is 11.4 Å². The fourth-order valence-corrected chi connectivity index (χ4v) is 2.94. The number of anilines is 1. The van der Waals surface area contributed by atoms with Gasteiger partial charge in [-0.25, -0.2) is 4.79 Å². The number of fused-ring (bicyclic) bond motifs is 4. The molecule has 2 N–H and O–H groups in total. The fourth-order valence-electron chi connectivity index (χ4n) is 2.94. The molecule has 1 aromatic carbocycles. The predicted molar refractivity (Wildman–Crippen MR) is 63.6 cm³/mol. The monoisotopic (exact) mass is 228 g/mol. The van der Waals surface area contributed by atoms with Crippen LogP contribution < -0.4 is 5.73 Å². The number of hydrogen-bond donors (Lipinski definition) is 1. The summed E-state index contributed by atoms with van der Waals surface area (Å²) in [7, 11) is 0. The Hall–Kier alpha value is -1.97. The molecule has 1 aliphatic carbocycles. The molecule has 86 valence electrons. The van der Waals surface area contributed by atoms with Gasteiger partial charge in [-0.1, -0.05) is 12.1 Å². The van der Waals surface area contributed by atoms with Crippen molar-refractivity contribution in [3.63, 3.8) is 0 Å². The molecule has 0 atom stereocenters. The van der Waals surface area contributed by atoms with Gasteiger partial charge in [0, 0.05) is 18.2 Å². The van der Waals surface area contributed by atoms with Crippen LogP contribution in [-0.4, -0.2) is 10.5 Å². The maximum atomic E-state index is 11.9. The van der Waals surface area contributed by atoms with E-state index in [1.54, 1.807) is 0 Å². The molecule has 17 heavy (non-hydrogen) atoms. The molecule has 1 saturated carbocycles. The van der Waals surface area contributed by atoms with Crippen LogP contribution in [0, 0.1) is 0 Å². The number of esters is 1. The number of ether oxygens (including phenoxy) is 1. The summed E-state index contributed by atoms with van der Waals surface area (Å²) < 4.78 is 7.53. The standard InChI is InChI=1S/C13H12N2O2/c14-9-4-1-3-8-7-10-12(16)17-13(5-2-6-13)15(10)11(8)9/h1,3-4,7H,2,5-6,14H2. The molecule has 2 aliphatic rings. The molecule has 0 unspecified atom stereocenters. The van der Waals surface area contributed by atoms with Gasteiger partial charge >= 0.3 is 5.97 Å². The molecule has 4 rings (SSSR count). The highest BCUT2D eigenvalue weighted by Gasteiger charge is 2.50. The summed E-state index contributed by atoms with van der Waals surface area (Å²) in [6.07, 6.45) is 2.88. The summed E-state index contributed by atoms with van der Waals surface area (Å²) in [4.78, 5) is 11.9. The van der Waals surface area contributed by atoms with Crippen LogP contribution >= 0.6 is 0 Å². The number of carbonyl (C=O) groups is 1. The predicted octanol–water partition coefficient (Wildman–Crippen LogP) is 2.23. The van der Waals surface area contributed by atoms with Crippen LogP contribution in [0.4, 0.5) is 5.69 Å². The lowest BCUT2D eigenvalue weighted by molar-refractivity contribution is -0.0958. The lowest BCUT2D eigenvalue weighted by Gasteiger charge is -2.38. The second-order valence-electron chi connectivity index (χ2n) is 4.84. The minimum atomic E-state index is -0.441. The van der Waals surface area contributed by atoms with E-state index in [9.17, 15) is 4.79 Å². The third-order valence-electron chi connectivity index (χ3n) is 3.89. The molecule has 1 aliphatic heterocycles. The Kier molecular flexibility index (Phi) is 1.41. The highest BCUT2D eigenvalue weighted by atomic mass is 16.6. The molecule has 4 heteroatoms. The van der Waals surface area contributed by atoms with Crippen LogP contribution in [0.3, 0.4) is 0 Å². The first-order valence-corrected chi connectivity index (χ1v) is 5.85. The number of benzene rings is 1. The van der Waals surface area contributed by atoms with Crippen molar-refractivity contribution in [3.05, 3.63) is 30.0 Å². The summed E-state index contributed by atoms with van der Waals surface area (Å²) in [5, 5.41) is 1.02. The molecule has 2 aromatic rings. The number of carbonyl (C=O) groups excluding carboxylic acids is 1. The zero-order chi connectivity index (χ0) is 11.6. The third kappa shape index (κ3) is 0.918. The summed E-state index contributed by atoms with van der Waals surface area (Å²) in [5.74, 6) is -0.222. The summed E-state index contributed by atoms with van der Waals surface area (Å²) >= 11 is 0. The maximum absolute atomic E-state index is 11.9. The Balaban J connectivity index is 2.13. The smallest absolute Gasteiger partial charge is 0.357 e. The molecule has 2 heterocycles. The number of hydrogen-bond acceptors (Lipinski definition) is 3. The van der Waals surface area contributed by atoms with Crippen LogP contribution in [0.2, 0.25) is 0 Å². The SMILES string of the molecule is Nc1cccc2cc3n(c12)C1(CCC1)OC3=O. The molecule has 1 aromatic heterocycles. The van der Waals surface area contributed by atoms with Crippen molar-refractivity contribution < 1.29 is 9.53 Å². The first-order valence-electron chi connectivity index (χ1n) is 5.85. The summed E-state index contributed by atoms with van der Waals surface area (Å²) in [5.41, 5.74) is 7.87. The number of aromatic nitrogens is 1. The van der Waals surface area contributed by atoms with E-state index in [0.717, 1.165) is 30.2 Å². The Morgan fingerprint density at radius 1 is 1.35 bits per heavy atom. The number of para-hydroxylation sites is 1. The van der Waals surface area contributed by atoms with Crippen molar-refractivity contribution in [3.8, 4) is 0 Å². The number of rotatable bonds is 0. The largest absolute Gasteiger partial charge is 0.434 e. The van der Waals surface area contributed by atoms with Crippen molar-refractivity contribution in [1.29, 1.82) is 0 Å². The second kappa shape index (κ2) is 2.64. The van der Waals surface area contributed by atoms with Gasteiger partial charge in [0.1, 0.15) is 5.69 Å². The van der Waals surface area contributed by atoms with Crippen molar-refractivity contribution in [2.24, 2.45) is 0 Å². The van der Waals surface area contributed by atoms with E-state index in [1.807, 2.05) is 28.8 Å². The van der Waals surface area contributed by atoms with Crippen LogP contribution in [0.1, 0.15) is 29.8 Å². The highest BCUT2D eigenvalue weighted by Crippen LogP contribution is 2.48. The fraction of sp³-hybridized carbons (Fsp3) is 0.308. The van der Waals surface area contributed by atoms with Gasteiger partial charge in [-0.05, 0) is 18.6 Å². The first-order chi connectivity index (χ1) is 8.21. The molecule has 0 bridgehead atoms. The molecular weight excluding hydrogens is 216 g/mol. The summed E-state index contributed by atoms with van der Waals surface area (Å²) in [6, 6.07) is 7.63. The zero-order valence-corrected chi connectivity index (χ0v) is 9.27. The molecule has 0 amide bonds. The zero-order valence-electron chi connectivity index (χ0n) is 9.27. The van der Waals surface area contributed by atoms with Gasteiger partial charge in [0.05, 0.1) is 11.2 Å². The number of nitrogen functional groups attached to an aromatic ring is 1. The molecule has 0 radical (unpaired) electrons. The average Bonchev–Trinajstić information content (AvgIpc) is 2.75. The van der Waals surface area contributed by atoms with E-state index in [4.69, 9.17) is 10.5 Å². The van der Waals surface area contributed by atoms with Gasteiger partial charge < -0.3 is 10.5 Å². The van der Waals surface area contributed by atoms with Crippen LogP contribution in [0.5, 0.6) is 0 Å².